The fourth-order valence-electron chi connectivity index (χ4n) is 1.96. The van der Waals surface area contributed by atoms with Gasteiger partial charge in [-0.3, -0.25) is 4.79 Å². The Morgan fingerprint density at radius 2 is 2.18 bits per heavy atom. The Morgan fingerprint density at radius 1 is 1.45 bits per heavy atom. The van der Waals surface area contributed by atoms with Gasteiger partial charge < -0.3 is 20.3 Å². The number of carbonyl (C=O) groups excluding carboxylic acids is 1. The number of phenols is 1. The van der Waals surface area contributed by atoms with Gasteiger partial charge in [0.15, 0.2) is 5.82 Å². The average Bonchev–Trinajstić information content (AvgIpc) is 2.95. The molecule has 2 rings (SSSR count). The molecule has 1 aromatic carbocycles. The maximum atomic E-state index is 12.5. The molecule has 7 nitrogen and oxygen atoms in total. The van der Waals surface area contributed by atoms with Gasteiger partial charge in [0.05, 0.1) is 5.56 Å². The van der Waals surface area contributed by atoms with E-state index in [1.807, 2.05) is 20.8 Å². The maximum absolute atomic E-state index is 12.5. The van der Waals surface area contributed by atoms with Gasteiger partial charge in [0.1, 0.15) is 12.3 Å². The van der Waals surface area contributed by atoms with Crippen molar-refractivity contribution in [2.75, 3.05) is 12.3 Å². The van der Waals surface area contributed by atoms with Crippen molar-refractivity contribution in [2.45, 2.75) is 33.2 Å². The van der Waals surface area contributed by atoms with E-state index in [2.05, 4.69) is 10.1 Å². The standard InChI is InChI=1S/C15H20N4O3/c1-4-19(8-13-17-14(9(2)3)18-22-13)15(21)11-7-10(20)5-6-12(11)16/h5-7,9,20H,4,8,16H2,1-3H3. The van der Waals surface area contributed by atoms with Crippen molar-refractivity contribution in [3.05, 3.63) is 35.5 Å². The molecule has 0 aliphatic heterocycles. The monoisotopic (exact) mass is 304 g/mol. The van der Waals surface area contributed by atoms with Crippen LogP contribution in [0, 0.1) is 0 Å². The van der Waals surface area contributed by atoms with Gasteiger partial charge in [-0.15, -0.1) is 0 Å². The van der Waals surface area contributed by atoms with Gasteiger partial charge in [-0.05, 0) is 25.1 Å². The number of amides is 1. The Kier molecular flexibility index (Phi) is 4.65. The van der Waals surface area contributed by atoms with Crippen LogP contribution < -0.4 is 5.73 Å². The van der Waals surface area contributed by atoms with Crippen LogP contribution in [0.2, 0.25) is 0 Å². The third-order valence-corrected chi connectivity index (χ3v) is 3.26. The van der Waals surface area contributed by atoms with E-state index in [-0.39, 0.29) is 29.7 Å². The van der Waals surface area contributed by atoms with Crippen LogP contribution in [0.1, 0.15) is 48.8 Å². The number of aromatic nitrogens is 2. The van der Waals surface area contributed by atoms with Crippen LogP contribution in [-0.4, -0.2) is 32.6 Å². The van der Waals surface area contributed by atoms with Crippen LogP contribution >= 0.6 is 0 Å². The van der Waals surface area contributed by atoms with Crippen LogP contribution in [0.5, 0.6) is 5.75 Å². The Hall–Kier alpha value is -2.57. The summed E-state index contributed by atoms with van der Waals surface area (Å²) in [5.41, 5.74) is 6.38. The molecule has 0 saturated carbocycles. The highest BCUT2D eigenvalue weighted by atomic mass is 16.5. The third-order valence-electron chi connectivity index (χ3n) is 3.26. The van der Waals surface area contributed by atoms with Crippen LogP contribution in [0.3, 0.4) is 0 Å². The molecule has 7 heteroatoms. The summed E-state index contributed by atoms with van der Waals surface area (Å²) in [4.78, 5) is 18.3. The zero-order valence-corrected chi connectivity index (χ0v) is 12.9. The fourth-order valence-corrected chi connectivity index (χ4v) is 1.96. The number of carbonyl (C=O) groups is 1. The molecular formula is C15H20N4O3. The molecule has 0 radical (unpaired) electrons. The summed E-state index contributed by atoms with van der Waals surface area (Å²) in [7, 11) is 0. The molecule has 0 fully saturated rings. The second kappa shape index (κ2) is 6.46. The number of rotatable bonds is 5. The van der Waals surface area contributed by atoms with Gasteiger partial charge in [0, 0.05) is 18.2 Å². The molecule has 22 heavy (non-hydrogen) atoms. The van der Waals surface area contributed by atoms with Crippen LogP contribution in [0.4, 0.5) is 5.69 Å². The van der Waals surface area contributed by atoms with Gasteiger partial charge in [0.25, 0.3) is 5.91 Å². The van der Waals surface area contributed by atoms with E-state index in [1.54, 1.807) is 0 Å². The summed E-state index contributed by atoms with van der Waals surface area (Å²) in [6, 6.07) is 4.29. The smallest absolute Gasteiger partial charge is 0.256 e. The van der Waals surface area contributed by atoms with Gasteiger partial charge in [-0.25, -0.2) is 0 Å². The minimum Gasteiger partial charge on any atom is -0.508 e. The summed E-state index contributed by atoms with van der Waals surface area (Å²) in [6.07, 6.45) is 0. The second-order valence-corrected chi connectivity index (χ2v) is 5.29. The lowest BCUT2D eigenvalue weighted by molar-refractivity contribution is 0.0735. The predicted octanol–water partition coefficient (Wildman–Crippen LogP) is 2.14. The molecule has 0 saturated heterocycles. The first kappa shape index (κ1) is 15.8. The van der Waals surface area contributed by atoms with E-state index < -0.39 is 0 Å². The van der Waals surface area contributed by atoms with Crippen molar-refractivity contribution < 1.29 is 14.4 Å². The van der Waals surface area contributed by atoms with E-state index in [0.717, 1.165) is 0 Å². The molecule has 118 valence electrons. The van der Waals surface area contributed by atoms with E-state index in [0.29, 0.717) is 23.9 Å². The second-order valence-electron chi connectivity index (χ2n) is 5.29. The van der Waals surface area contributed by atoms with Crippen molar-refractivity contribution in [1.82, 2.24) is 15.0 Å². The molecule has 3 N–H and O–H groups in total. The normalized spacial score (nSPS) is 10.9. The van der Waals surface area contributed by atoms with Gasteiger partial charge in [0.2, 0.25) is 5.89 Å². The van der Waals surface area contributed by atoms with E-state index in [1.165, 1.54) is 23.1 Å². The third kappa shape index (κ3) is 3.36. The lowest BCUT2D eigenvalue weighted by Crippen LogP contribution is -2.31. The highest BCUT2D eigenvalue weighted by molar-refractivity contribution is 5.99. The minimum atomic E-state index is -0.291. The molecule has 1 aromatic heterocycles. The number of hydrogen-bond donors (Lipinski definition) is 2. The lowest BCUT2D eigenvalue weighted by Gasteiger charge is -2.19. The molecule has 0 atom stereocenters. The van der Waals surface area contributed by atoms with Crippen molar-refractivity contribution >= 4 is 11.6 Å². The Balaban J connectivity index is 2.19. The average molecular weight is 304 g/mol. The molecule has 0 unspecified atom stereocenters. The van der Waals surface area contributed by atoms with Crippen molar-refractivity contribution in [3.63, 3.8) is 0 Å². The summed E-state index contributed by atoms with van der Waals surface area (Å²) >= 11 is 0. The van der Waals surface area contributed by atoms with Gasteiger partial charge in [-0.1, -0.05) is 19.0 Å². The Labute approximate surface area is 128 Å². The van der Waals surface area contributed by atoms with Crippen LogP contribution in [0.15, 0.2) is 22.7 Å². The largest absolute Gasteiger partial charge is 0.508 e. The first-order chi connectivity index (χ1) is 10.4. The molecule has 2 aromatic rings. The Bertz CT molecular complexity index is 667. The number of aromatic hydroxyl groups is 1. The lowest BCUT2D eigenvalue weighted by atomic mass is 10.1. The van der Waals surface area contributed by atoms with E-state index in [4.69, 9.17) is 10.3 Å². The van der Waals surface area contributed by atoms with E-state index >= 15 is 0 Å². The number of nitrogen functional groups attached to an aromatic ring is 1. The Morgan fingerprint density at radius 3 is 2.77 bits per heavy atom. The molecule has 1 amide bonds. The highest BCUT2D eigenvalue weighted by Crippen LogP contribution is 2.21. The topological polar surface area (TPSA) is 105 Å². The van der Waals surface area contributed by atoms with Gasteiger partial charge >= 0.3 is 0 Å². The molecule has 1 heterocycles. The first-order valence-corrected chi connectivity index (χ1v) is 7.12. The zero-order valence-electron chi connectivity index (χ0n) is 12.9. The van der Waals surface area contributed by atoms with E-state index in [9.17, 15) is 9.90 Å². The minimum absolute atomic E-state index is 0.00603. The number of phenolic OH excluding ortho intramolecular Hbond substituents is 1. The highest BCUT2D eigenvalue weighted by Gasteiger charge is 2.20. The van der Waals surface area contributed by atoms with Crippen LogP contribution in [-0.2, 0) is 6.54 Å². The van der Waals surface area contributed by atoms with Crippen molar-refractivity contribution in [2.24, 2.45) is 0 Å². The first-order valence-electron chi connectivity index (χ1n) is 7.12. The molecule has 0 aliphatic rings. The van der Waals surface area contributed by atoms with Gasteiger partial charge in [-0.2, -0.15) is 4.98 Å². The summed E-state index contributed by atoms with van der Waals surface area (Å²) in [5, 5.41) is 13.4. The quantitative estimate of drug-likeness (QED) is 0.647. The predicted molar refractivity (Wildman–Crippen MR) is 81.3 cm³/mol. The summed E-state index contributed by atoms with van der Waals surface area (Å²) in [5.74, 6) is 0.840. The number of nitrogens with two attached hydrogens (primary N) is 1. The van der Waals surface area contributed by atoms with Crippen molar-refractivity contribution in [3.8, 4) is 5.75 Å². The number of hydrogen-bond acceptors (Lipinski definition) is 6. The SMILES string of the molecule is CCN(Cc1nc(C(C)C)no1)C(=O)c1cc(O)ccc1N. The fraction of sp³-hybridized carbons (Fsp3) is 0.400. The number of anilines is 1. The molecule has 0 spiro atoms. The maximum Gasteiger partial charge on any atom is 0.256 e. The summed E-state index contributed by atoms with van der Waals surface area (Å²) < 4.78 is 5.16. The number of nitrogens with zero attached hydrogens (tertiary/aromatic N) is 3. The number of benzene rings is 1. The molecule has 0 aliphatic carbocycles. The zero-order chi connectivity index (χ0) is 16.3. The summed E-state index contributed by atoms with van der Waals surface area (Å²) in [6.45, 7) is 6.42. The molecular weight excluding hydrogens is 284 g/mol. The molecule has 0 bridgehead atoms. The van der Waals surface area contributed by atoms with Crippen molar-refractivity contribution in [1.29, 1.82) is 0 Å². The van der Waals surface area contributed by atoms with Crippen LogP contribution in [0.25, 0.3) is 0 Å².